The van der Waals surface area contributed by atoms with Crippen LogP contribution in [0.1, 0.15) is 13.8 Å². The van der Waals surface area contributed by atoms with Crippen LogP contribution in [0.2, 0.25) is 0 Å². The lowest BCUT2D eigenvalue weighted by Gasteiger charge is -2.32. The maximum Gasteiger partial charge on any atom is 0.243 e. The number of benzene rings is 1. The molecule has 4 nitrogen and oxygen atoms in total. The zero-order valence-electron chi connectivity index (χ0n) is 10.5. The topological polar surface area (TPSA) is 41.6 Å². The van der Waals surface area contributed by atoms with Crippen molar-refractivity contribution < 1.29 is 9.53 Å². The molecule has 0 radical (unpaired) electrons. The number of ether oxygens (including phenoxy) is 1. The van der Waals surface area contributed by atoms with Gasteiger partial charge in [0.05, 0.1) is 25.0 Å². The normalized spacial score (nSPS) is 14.6. The van der Waals surface area contributed by atoms with Gasteiger partial charge in [-0.3, -0.25) is 4.79 Å². The van der Waals surface area contributed by atoms with Crippen LogP contribution in [0.25, 0.3) is 0 Å². The zero-order chi connectivity index (χ0) is 12.4. The fourth-order valence-corrected chi connectivity index (χ4v) is 2.06. The van der Waals surface area contributed by atoms with Gasteiger partial charge in [-0.05, 0) is 18.1 Å². The van der Waals surface area contributed by atoms with Gasteiger partial charge in [-0.25, -0.2) is 0 Å². The first-order chi connectivity index (χ1) is 8.10. The third-order valence-corrected chi connectivity index (χ3v) is 2.74. The van der Waals surface area contributed by atoms with Gasteiger partial charge in [0, 0.05) is 12.6 Å². The van der Waals surface area contributed by atoms with Crippen LogP contribution in [-0.4, -0.2) is 26.1 Å². The molecule has 0 aliphatic carbocycles. The molecule has 17 heavy (non-hydrogen) atoms. The predicted molar refractivity (Wildman–Crippen MR) is 68.7 cm³/mol. The van der Waals surface area contributed by atoms with Crippen molar-refractivity contribution in [2.45, 2.75) is 13.8 Å². The summed E-state index contributed by atoms with van der Waals surface area (Å²) in [5, 5.41) is 2.88. The number of hydrogen-bond donors (Lipinski definition) is 1. The fourth-order valence-electron chi connectivity index (χ4n) is 2.06. The second-order valence-electron chi connectivity index (χ2n) is 4.71. The first kappa shape index (κ1) is 11.8. The van der Waals surface area contributed by atoms with Crippen molar-refractivity contribution in [1.29, 1.82) is 0 Å². The standard InChI is InChI=1S/C13H18N2O2/c1-9(2)7-15-8-13(16)14-11-5-4-10(17-3)6-12(11)15/h4-6,9H,7-8H2,1-3H3,(H,14,16). The van der Waals surface area contributed by atoms with Crippen LogP contribution < -0.4 is 15.0 Å². The Hall–Kier alpha value is -1.71. The largest absolute Gasteiger partial charge is 0.497 e. The van der Waals surface area contributed by atoms with E-state index in [1.54, 1.807) is 7.11 Å². The Bertz CT molecular complexity index is 429. The highest BCUT2D eigenvalue weighted by atomic mass is 16.5. The van der Waals surface area contributed by atoms with Crippen molar-refractivity contribution in [1.82, 2.24) is 0 Å². The molecule has 0 unspecified atom stereocenters. The van der Waals surface area contributed by atoms with Crippen molar-refractivity contribution >= 4 is 17.3 Å². The average molecular weight is 234 g/mol. The zero-order valence-corrected chi connectivity index (χ0v) is 10.5. The summed E-state index contributed by atoms with van der Waals surface area (Å²) in [5.41, 5.74) is 1.90. The Morgan fingerprint density at radius 2 is 2.24 bits per heavy atom. The van der Waals surface area contributed by atoms with Gasteiger partial charge in [0.1, 0.15) is 5.75 Å². The Morgan fingerprint density at radius 3 is 2.88 bits per heavy atom. The van der Waals surface area contributed by atoms with E-state index in [2.05, 4.69) is 24.1 Å². The van der Waals surface area contributed by atoms with Gasteiger partial charge >= 0.3 is 0 Å². The second kappa shape index (κ2) is 4.65. The van der Waals surface area contributed by atoms with Gasteiger partial charge in [0.15, 0.2) is 0 Å². The summed E-state index contributed by atoms with van der Waals surface area (Å²) in [7, 11) is 1.65. The third-order valence-electron chi connectivity index (χ3n) is 2.74. The summed E-state index contributed by atoms with van der Waals surface area (Å²) in [6.45, 7) is 5.57. The maximum absolute atomic E-state index is 11.6. The number of methoxy groups -OCH3 is 1. The lowest BCUT2D eigenvalue weighted by molar-refractivity contribution is -0.115. The SMILES string of the molecule is COc1ccc2c(c1)N(CC(C)C)CC(=O)N2. The van der Waals surface area contributed by atoms with Gasteiger partial charge in [0.25, 0.3) is 0 Å². The van der Waals surface area contributed by atoms with Crippen LogP contribution in [0.5, 0.6) is 5.75 Å². The lowest BCUT2D eigenvalue weighted by atomic mass is 10.1. The van der Waals surface area contributed by atoms with Gasteiger partial charge in [-0.1, -0.05) is 13.8 Å². The van der Waals surface area contributed by atoms with Gasteiger partial charge in [0.2, 0.25) is 5.91 Å². The van der Waals surface area contributed by atoms with E-state index < -0.39 is 0 Å². The quantitative estimate of drug-likeness (QED) is 0.871. The molecule has 0 saturated heterocycles. The smallest absolute Gasteiger partial charge is 0.243 e. The first-order valence-corrected chi connectivity index (χ1v) is 5.83. The van der Waals surface area contributed by atoms with E-state index in [-0.39, 0.29) is 5.91 Å². The molecule has 1 aliphatic heterocycles. The van der Waals surface area contributed by atoms with Crippen molar-refractivity contribution in [2.24, 2.45) is 5.92 Å². The van der Waals surface area contributed by atoms with Crippen LogP contribution in [0.4, 0.5) is 11.4 Å². The summed E-state index contributed by atoms with van der Waals surface area (Å²) in [5.74, 6) is 1.37. The molecule has 0 saturated carbocycles. The molecule has 0 atom stereocenters. The lowest BCUT2D eigenvalue weighted by Crippen LogP contribution is -2.40. The van der Waals surface area contributed by atoms with Crippen molar-refractivity contribution in [2.75, 3.05) is 30.4 Å². The van der Waals surface area contributed by atoms with Crippen LogP contribution in [-0.2, 0) is 4.79 Å². The first-order valence-electron chi connectivity index (χ1n) is 5.83. The van der Waals surface area contributed by atoms with E-state index in [0.29, 0.717) is 12.5 Å². The summed E-state index contributed by atoms with van der Waals surface area (Å²) in [6.07, 6.45) is 0. The molecule has 0 fully saturated rings. The number of carbonyl (C=O) groups is 1. The molecule has 1 amide bonds. The van der Waals surface area contributed by atoms with Crippen LogP contribution in [0, 0.1) is 5.92 Å². The molecular formula is C13H18N2O2. The fraction of sp³-hybridized carbons (Fsp3) is 0.462. The maximum atomic E-state index is 11.6. The molecular weight excluding hydrogens is 216 g/mol. The number of carbonyl (C=O) groups excluding carboxylic acids is 1. The Labute approximate surface area is 102 Å². The highest BCUT2D eigenvalue weighted by Gasteiger charge is 2.22. The monoisotopic (exact) mass is 234 g/mol. The molecule has 0 aromatic heterocycles. The molecule has 4 heteroatoms. The van der Waals surface area contributed by atoms with Crippen LogP contribution in [0.15, 0.2) is 18.2 Å². The minimum atomic E-state index is 0.0447. The number of fused-ring (bicyclic) bond motifs is 1. The van der Waals surface area contributed by atoms with Gasteiger partial charge in [-0.15, -0.1) is 0 Å². The molecule has 2 rings (SSSR count). The highest BCUT2D eigenvalue weighted by molar-refractivity contribution is 6.01. The Balaban J connectivity index is 2.35. The third kappa shape index (κ3) is 2.52. The number of amides is 1. The Kier molecular flexibility index (Phi) is 3.22. The average Bonchev–Trinajstić information content (AvgIpc) is 2.27. The molecule has 1 aliphatic rings. The summed E-state index contributed by atoms with van der Waals surface area (Å²) in [6, 6.07) is 5.72. The molecule has 1 aromatic carbocycles. The summed E-state index contributed by atoms with van der Waals surface area (Å²) >= 11 is 0. The summed E-state index contributed by atoms with van der Waals surface area (Å²) in [4.78, 5) is 13.7. The van der Waals surface area contributed by atoms with E-state index >= 15 is 0 Å². The highest BCUT2D eigenvalue weighted by Crippen LogP contribution is 2.33. The molecule has 0 spiro atoms. The number of rotatable bonds is 3. The van der Waals surface area contributed by atoms with Crippen molar-refractivity contribution in [3.8, 4) is 5.75 Å². The van der Waals surface area contributed by atoms with E-state index in [9.17, 15) is 4.79 Å². The van der Waals surface area contributed by atoms with Crippen LogP contribution >= 0.6 is 0 Å². The van der Waals surface area contributed by atoms with Crippen molar-refractivity contribution in [3.05, 3.63) is 18.2 Å². The minimum absolute atomic E-state index is 0.0447. The van der Waals surface area contributed by atoms with Gasteiger partial charge < -0.3 is 15.0 Å². The van der Waals surface area contributed by atoms with Gasteiger partial charge in [-0.2, -0.15) is 0 Å². The number of anilines is 2. The van der Waals surface area contributed by atoms with E-state index in [0.717, 1.165) is 23.7 Å². The second-order valence-corrected chi connectivity index (χ2v) is 4.71. The Morgan fingerprint density at radius 1 is 1.47 bits per heavy atom. The number of nitrogens with zero attached hydrogens (tertiary/aromatic N) is 1. The molecule has 1 heterocycles. The molecule has 0 bridgehead atoms. The van der Waals surface area contributed by atoms with E-state index in [1.165, 1.54) is 0 Å². The molecule has 92 valence electrons. The number of hydrogen-bond acceptors (Lipinski definition) is 3. The number of nitrogens with one attached hydrogen (secondary N) is 1. The molecule has 1 aromatic rings. The molecule has 1 N–H and O–H groups in total. The predicted octanol–water partition coefficient (Wildman–Crippen LogP) is 2.11. The van der Waals surface area contributed by atoms with Crippen LogP contribution in [0.3, 0.4) is 0 Å². The van der Waals surface area contributed by atoms with E-state index in [1.807, 2.05) is 18.2 Å². The summed E-state index contributed by atoms with van der Waals surface area (Å²) < 4.78 is 5.22. The minimum Gasteiger partial charge on any atom is -0.497 e. The van der Waals surface area contributed by atoms with E-state index in [4.69, 9.17) is 4.74 Å². The van der Waals surface area contributed by atoms with Crippen molar-refractivity contribution in [3.63, 3.8) is 0 Å².